The fourth-order valence-electron chi connectivity index (χ4n) is 5.19. The highest BCUT2D eigenvalue weighted by atomic mass is 32.2. The molecule has 0 bridgehead atoms. The van der Waals surface area contributed by atoms with Gasteiger partial charge in [-0.3, -0.25) is 13.9 Å². The second-order valence-electron chi connectivity index (χ2n) is 10.1. The first-order valence-corrected chi connectivity index (χ1v) is 15.9. The Balaban J connectivity index is 1.73. The average Bonchev–Trinajstić information content (AvgIpc) is 3.42. The van der Waals surface area contributed by atoms with Gasteiger partial charge in [0.1, 0.15) is 11.8 Å². The molecule has 214 valence electrons. The number of para-hydroxylation sites is 2. The predicted octanol–water partition coefficient (Wildman–Crippen LogP) is 4.54. The summed E-state index contributed by atoms with van der Waals surface area (Å²) in [5, 5.41) is 3.16. The van der Waals surface area contributed by atoms with Crippen molar-refractivity contribution in [2.24, 2.45) is 0 Å². The molecule has 1 N–H and O–H groups in total. The third-order valence-corrected chi connectivity index (χ3v) is 8.34. The lowest BCUT2D eigenvalue weighted by atomic mass is 10.1. The van der Waals surface area contributed by atoms with E-state index >= 15 is 0 Å². The van der Waals surface area contributed by atoms with Crippen molar-refractivity contribution in [1.29, 1.82) is 0 Å². The molecule has 0 spiro atoms. The molecular formula is C30H43N3O5S. The average molecular weight is 558 g/mol. The Labute approximate surface area is 233 Å². The Morgan fingerprint density at radius 2 is 1.67 bits per heavy atom. The fraction of sp³-hybridized carbons (Fsp3) is 0.533. The van der Waals surface area contributed by atoms with Crippen molar-refractivity contribution in [2.75, 3.05) is 30.3 Å². The summed E-state index contributed by atoms with van der Waals surface area (Å²) in [5.41, 5.74) is 1.55. The molecule has 1 atom stereocenters. The second kappa shape index (κ2) is 14.9. The van der Waals surface area contributed by atoms with Crippen LogP contribution in [0.15, 0.2) is 54.6 Å². The zero-order chi connectivity index (χ0) is 28.3. The Bertz CT molecular complexity index is 1170. The number of hydrogen-bond acceptors (Lipinski definition) is 5. The van der Waals surface area contributed by atoms with E-state index in [0.717, 1.165) is 37.5 Å². The third kappa shape index (κ3) is 8.98. The van der Waals surface area contributed by atoms with Gasteiger partial charge in [0.15, 0.2) is 0 Å². The number of benzene rings is 2. The van der Waals surface area contributed by atoms with E-state index in [-0.39, 0.29) is 30.8 Å². The predicted molar refractivity (Wildman–Crippen MR) is 155 cm³/mol. The number of amides is 2. The molecule has 0 unspecified atom stereocenters. The van der Waals surface area contributed by atoms with Crippen molar-refractivity contribution < 1.29 is 22.7 Å². The van der Waals surface area contributed by atoms with E-state index < -0.39 is 16.1 Å². The van der Waals surface area contributed by atoms with Crippen LogP contribution in [-0.4, -0.2) is 63.2 Å². The minimum Gasteiger partial charge on any atom is -0.492 e. The number of carbonyl (C=O) groups is 2. The summed E-state index contributed by atoms with van der Waals surface area (Å²) in [4.78, 5) is 28.6. The highest BCUT2D eigenvalue weighted by Gasteiger charge is 2.30. The van der Waals surface area contributed by atoms with Crippen molar-refractivity contribution in [2.45, 2.75) is 77.3 Å². The number of nitrogens with zero attached hydrogens (tertiary/aromatic N) is 2. The Kier molecular flexibility index (Phi) is 11.7. The van der Waals surface area contributed by atoms with Crippen LogP contribution in [0.1, 0.15) is 64.4 Å². The maximum atomic E-state index is 13.6. The first-order chi connectivity index (χ1) is 18.7. The van der Waals surface area contributed by atoms with Crippen LogP contribution in [-0.2, 0) is 26.0 Å². The monoisotopic (exact) mass is 557 g/mol. The van der Waals surface area contributed by atoms with Crippen LogP contribution in [0.2, 0.25) is 0 Å². The molecule has 2 aromatic rings. The van der Waals surface area contributed by atoms with E-state index in [9.17, 15) is 18.0 Å². The summed E-state index contributed by atoms with van der Waals surface area (Å²) in [6.45, 7) is 4.73. The van der Waals surface area contributed by atoms with E-state index in [4.69, 9.17) is 4.74 Å². The standard InChI is InChI=1S/C30H43N3O5S/c1-4-26(30(35)31-25-16-9-10-17-25)32(23-21-24-14-7-6-8-15-24)29(34)20-13-22-33(39(3,36)37)27-18-11-12-19-28(27)38-5-2/h6-8,11-12,14-15,18-19,25-26H,4-5,9-10,13,16-17,20-23H2,1-3H3,(H,31,35)/t26-/m1/s1. The van der Waals surface area contributed by atoms with Crippen LogP contribution in [0.5, 0.6) is 5.75 Å². The van der Waals surface area contributed by atoms with Gasteiger partial charge in [-0.2, -0.15) is 0 Å². The topological polar surface area (TPSA) is 96.0 Å². The number of sulfonamides is 1. The first-order valence-electron chi connectivity index (χ1n) is 14.1. The Morgan fingerprint density at radius 1 is 1.00 bits per heavy atom. The van der Waals surface area contributed by atoms with Gasteiger partial charge in [-0.25, -0.2) is 8.42 Å². The summed E-state index contributed by atoms with van der Waals surface area (Å²) in [6, 6.07) is 16.5. The summed E-state index contributed by atoms with van der Waals surface area (Å²) in [5.74, 6) is 0.232. The maximum Gasteiger partial charge on any atom is 0.243 e. The molecule has 39 heavy (non-hydrogen) atoms. The van der Waals surface area contributed by atoms with Crippen molar-refractivity contribution >= 4 is 27.5 Å². The Hall–Kier alpha value is -3.07. The molecular weight excluding hydrogens is 514 g/mol. The first kappa shape index (κ1) is 30.5. The van der Waals surface area contributed by atoms with E-state index in [1.807, 2.05) is 44.2 Å². The number of nitrogens with one attached hydrogen (secondary N) is 1. The molecule has 2 aromatic carbocycles. The largest absolute Gasteiger partial charge is 0.492 e. The molecule has 0 aliphatic heterocycles. The van der Waals surface area contributed by atoms with Gasteiger partial charge in [-0.05, 0) is 56.7 Å². The van der Waals surface area contributed by atoms with Crippen LogP contribution in [0.3, 0.4) is 0 Å². The molecule has 0 aromatic heterocycles. The third-order valence-electron chi connectivity index (χ3n) is 7.16. The van der Waals surface area contributed by atoms with E-state index in [0.29, 0.717) is 43.9 Å². The number of hydrogen-bond donors (Lipinski definition) is 1. The van der Waals surface area contributed by atoms with Gasteiger partial charge in [0.05, 0.1) is 18.6 Å². The van der Waals surface area contributed by atoms with Gasteiger partial charge in [-0.15, -0.1) is 0 Å². The number of ether oxygens (including phenoxy) is 1. The fourth-order valence-corrected chi connectivity index (χ4v) is 6.16. The van der Waals surface area contributed by atoms with Crippen LogP contribution in [0, 0.1) is 0 Å². The minimum absolute atomic E-state index is 0.103. The Morgan fingerprint density at radius 3 is 2.31 bits per heavy atom. The zero-order valence-electron chi connectivity index (χ0n) is 23.5. The smallest absolute Gasteiger partial charge is 0.243 e. The summed E-state index contributed by atoms with van der Waals surface area (Å²) in [7, 11) is -3.61. The van der Waals surface area contributed by atoms with Crippen molar-refractivity contribution in [3.8, 4) is 5.75 Å². The van der Waals surface area contributed by atoms with Crippen LogP contribution in [0.25, 0.3) is 0 Å². The molecule has 8 nitrogen and oxygen atoms in total. The molecule has 9 heteroatoms. The quantitative estimate of drug-likeness (QED) is 0.347. The highest BCUT2D eigenvalue weighted by molar-refractivity contribution is 7.92. The lowest BCUT2D eigenvalue weighted by molar-refractivity contribution is -0.141. The van der Waals surface area contributed by atoms with Gasteiger partial charge in [-0.1, -0.05) is 62.2 Å². The molecule has 1 fully saturated rings. The molecule has 2 amide bonds. The van der Waals surface area contributed by atoms with Crippen molar-refractivity contribution in [3.05, 3.63) is 60.2 Å². The molecule has 1 aliphatic rings. The molecule has 0 radical (unpaired) electrons. The highest BCUT2D eigenvalue weighted by Crippen LogP contribution is 2.30. The molecule has 0 heterocycles. The van der Waals surface area contributed by atoms with Gasteiger partial charge in [0, 0.05) is 25.6 Å². The van der Waals surface area contributed by atoms with E-state index in [1.54, 1.807) is 29.2 Å². The van der Waals surface area contributed by atoms with E-state index in [2.05, 4.69) is 5.32 Å². The zero-order valence-corrected chi connectivity index (χ0v) is 24.3. The lowest BCUT2D eigenvalue weighted by Gasteiger charge is -2.32. The van der Waals surface area contributed by atoms with Gasteiger partial charge >= 0.3 is 0 Å². The summed E-state index contributed by atoms with van der Waals surface area (Å²) >= 11 is 0. The number of carbonyl (C=O) groups excluding carboxylic acids is 2. The minimum atomic E-state index is -3.61. The molecule has 0 saturated heterocycles. The maximum absolute atomic E-state index is 13.6. The summed E-state index contributed by atoms with van der Waals surface area (Å²) < 4.78 is 32.3. The SMILES string of the molecule is CCOc1ccccc1N(CCCC(=O)N(CCc1ccccc1)[C@H](CC)C(=O)NC1CCCC1)S(C)(=O)=O. The molecule has 3 rings (SSSR count). The van der Waals surface area contributed by atoms with Gasteiger partial charge < -0.3 is 15.0 Å². The van der Waals surface area contributed by atoms with Crippen LogP contribution >= 0.6 is 0 Å². The van der Waals surface area contributed by atoms with Gasteiger partial charge in [0.25, 0.3) is 0 Å². The van der Waals surface area contributed by atoms with Gasteiger partial charge in [0.2, 0.25) is 21.8 Å². The summed E-state index contributed by atoms with van der Waals surface area (Å²) in [6.07, 6.45) is 6.93. The van der Waals surface area contributed by atoms with Crippen molar-refractivity contribution in [1.82, 2.24) is 10.2 Å². The van der Waals surface area contributed by atoms with E-state index in [1.165, 1.54) is 4.31 Å². The molecule has 1 aliphatic carbocycles. The lowest BCUT2D eigenvalue weighted by Crippen LogP contribution is -2.52. The van der Waals surface area contributed by atoms with Crippen LogP contribution < -0.4 is 14.4 Å². The van der Waals surface area contributed by atoms with Crippen LogP contribution in [0.4, 0.5) is 5.69 Å². The van der Waals surface area contributed by atoms with Crippen molar-refractivity contribution in [3.63, 3.8) is 0 Å². The number of rotatable bonds is 15. The second-order valence-corrected chi connectivity index (χ2v) is 12.0. The molecule has 1 saturated carbocycles. The normalized spacial score (nSPS) is 14.5. The number of anilines is 1.